The first-order chi connectivity index (χ1) is 18.5. The highest BCUT2D eigenvalue weighted by molar-refractivity contribution is 6.14. The highest BCUT2D eigenvalue weighted by Crippen LogP contribution is 2.41. The molecule has 2 fully saturated rings. The maximum absolute atomic E-state index is 13.6. The SMILES string of the molecule is Cn1c(C(=O)N2CCC3(CCN(C(=O)c4ncccc4C(=O)c4ccccc4)C3)CC2)cc2ccccc21. The zero-order chi connectivity index (χ0) is 26.3. The van der Waals surface area contributed by atoms with Crippen molar-refractivity contribution in [3.05, 3.63) is 102 Å². The summed E-state index contributed by atoms with van der Waals surface area (Å²) in [5.74, 6) is -0.339. The molecule has 0 atom stereocenters. The summed E-state index contributed by atoms with van der Waals surface area (Å²) in [5, 5.41) is 1.07. The molecule has 38 heavy (non-hydrogen) atoms. The summed E-state index contributed by atoms with van der Waals surface area (Å²) in [7, 11) is 1.94. The predicted octanol–water partition coefficient (Wildman–Crippen LogP) is 4.57. The fourth-order valence-corrected chi connectivity index (χ4v) is 6.01. The number of ketones is 1. The molecule has 2 amide bonds. The van der Waals surface area contributed by atoms with Gasteiger partial charge in [0.05, 0.1) is 5.56 Å². The van der Waals surface area contributed by atoms with Crippen molar-refractivity contribution >= 4 is 28.5 Å². The second-order valence-electron chi connectivity index (χ2n) is 10.5. The third-order valence-corrected chi connectivity index (χ3v) is 8.30. The zero-order valence-electron chi connectivity index (χ0n) is 21.5. The monoisotopic (exact) mass is 506 g/mol. The van der Waals surface area contributed by atoms with Gasteiger partial charge in [0.15, 0.2) is 5.78 Å². The van der Waals surface area contributed by atoms with E-state index >= 15 is 0 Å². The maximum atomic E-state index is 13.6. The normalized spacial score (nSPS) is 16.8. The van der Waals surface area contributed by atoms with Gasteiger partial charge in [-0.1, -0.05) is 48.5 Å². The summed E-state index contributed by atoms with van der Waals surface area (Å²) in [6, 6.07) is 22.4. The van der Waals surface area contributed by atoms with Crippen LogP contribution in [-0.2, 0) is 7.05 Å². The van der Waals surface area contributed by atoms with Crippen molar-refractivity contribution in [2.24, 2.45) is 12.5 Å². The first-order valence-corrected chi connectivity index (χ1v) is 13.1. The van der Waals surface area contributed by atoms with E-state index in [-0.39, 0.29) is 28.7 Å². The van der Waals surface area contributed by atoms with E-state index in [9.17, 15) is 14.4 Å². The number of likely N-dealkylation sites (tertiary alicyclic amines) is 2. The van der Waals surface area contributed by atoms with E-state index in [1.165, 1.54) is 0 Å². The van der Waals surface area contributed by atoms with Crippen LogP contribution in [-0.4, -0.2) is 63.1 Å². The van der Waals surface area contributed by atoms with Crippen LogP contribution in [0.15, 0.2) is 79.0 Å². The van der Waals surface area contributed by atoms with E-state index < -0.39 is 0 Å². The molecule has 0 N–H and O–H groups in total. The van der Waals surface area contributed by atoms with Gasteiger partial charge in [-0.2, -0.15) is 0 Å². The lowest BCUT2D eigenvalue weighted by molar-refractivity contribution is 0.0557. The van der Waals surface area contributed by atoms with Gasteiger partial charge in [0.1, 0.15) is 11.4 Å². The summed E-state index contributed by atoms with van der Waals surface area (Å²) < 4.78 is 1.97. The van der Waals surface area contributed by atoms with Crippen molar-refractivity contribution in [1.82, 2.24) is 19.4 Å². The lowest BCUT2D eigenvalue weighted by Gasteiger charge is -2.39. The molecule has 1 spiro atoms. The van der Waals surface area contributed by atoms with Crippen molar-refractivity contribution in [3.63, 3.8) is 0 Å². The number of rotatable bonds is 4. The van der Waals surface area contributed by atoms with Gasteiger partial charge in [0, 0.05) is 55.9 Å². The molecular formula is C31H30N4O3. The number of fused-ring (bicyclic) bond motifs is 1. The first-order valence-electron chi connectivity index (χ1n) is 13.1. The number of carbonyl (C=O) groups is 3. The van der Waals surface area contributed by atoms with Gasteiger partial charge in [-0.25, -0.2) is 0 Å². The van der Waals surface area contributed by atoms with E-state index in [0.717, 1.165) is 30.2 Å². The number of pyridine rings is 1. The Labute approximate surface area is 221 Å². The Balaban J connectivity index is 1.14. The number of hydrogen-bond acceptors (Lipinski definition) is 4. The molecule has 0 bridgehead atoms. The number of benzene rings is 2. The Bertz CT molecular complexity index is 1530. The van der Waals surface area contributed by atoms with Gasteiger partial charge in [-0.05, 0) is 48.9 Å². The van der Waals surface area contributed by atoms with Crippen LogP contribution in [0, 0.1) is 5.41 Å². The number of carbonyl (C=O) groups excluding carboxylic acids is 3. The van der Waals surface area contributed by atoms with Crippen LogP contribution >= 0.6 is 0 Å². The summed E-state index contributed by atoms with van der Waals surface area (Å²) in [6.45, 7) is 2.59. The van der Waals surface area contributed by atoms with E-state index in [0.29, 0.717) is 43.0 Å². The van der Waals surface area contributed by atoms with Gasteiger partial charge < -0.3 is 14.4 Å². The Morgan fingerprint density at radius 2 is 1.47 bits per heavy atom. The minimum Gasteiger partial charge on any atom is -0.340 e. The number of para-hydroxylation sites is 1. The quantitative estimate of drug-likeness (QED) is 0.380. The van der Waals surface area contributed by atoms with Gasteiger partial charge >= 0.3 is 0 Å². The highest BCUT2D eigenvalue weighted by atomic mass is 16.2. The Hall–Kier alpha value is -4.26. The third-order valence-electron chi connectivity index (χ3n) is 8.30. The Morgan fingerprint density at radius 1 is 0.789 bits per heavy atom. The van der Waals surface area contributed by atoms with Gasteiger partial charge in [-0.15, -0.1) is 0 Å². The molecule has 7 heteroatoms. The molecule has 2 aromatic heterocycles. The van der Waals surface area contributed by atoms with Crippen molar-refractivity contribution < 1.29 is 14.4 Å². The van der Waals surface area contributed by atoms with Crippen molar-refractivity contribution in [1.29, 1.82) is 0 Å². The largest absolute Gasteiger partial charge is 0.340 e. The Kier molecular flexibility index (Phi) is 6.06. The predicted molar refractivity (Wildman–Crippen MR) is 145 cm³/mol. The first kappa shape index (κ1) is 24.1. The van der Waals surface area contributed by atoms with E-state index in [2.05, 4.69) is 4.98 Å². The number of aromatic nitrogens is 2. The minimum absolute atomic E-state index is 0.0102. The molecule has 7 nitrogen and oxygen atoms in total. The molecule has 4 heterocycles. The van der Waals surface area contributed by atoms with Crippen LogP contribution in [0.5, 0.6) is 0 Å². The van der Waals surface area contributed by atoms with Crippen LogP contribution in [0.2, 0.25) is 0 Å². The molecule has 2 aromatic carbocycles. The van der Waals surface area contributed by atoms with E-state index in [4.69, 9.17) is 0 Å². The fourth-order valence-electron chi connectivity index (χ4n) is 6.01. The van der Waals surface area contributed by atoms with Crippen LogP contribution in [0.1, 0.15) is 56.2 Å². The van der Waals surface area contributed by atoms with Crippen LogP contribution in [0.3, 0.4) is 0 Å². The summed E-state index contributed by atoms with van der Waals surface area (Å²) >= 11 is 0. The number of piperidine rings is 1. The van der Waals surface area contributed by atoms with Crippen molar-refractivity contribution in [2.45, 2.75) is 19.3 Å². The summed E-state index contributed by atoms with van der Waals surface area (Å²) in [4.78, 5) is 48.2. The van der Waals surface area contributed by atoms with E-state index in [1.807, 2.05) is 69.9 Å². The molecule has 192 valence electrons. The molecule has 0 aliphatic carbocycles. The van der Waals surface area contributed by atoms with Crippen LogP contribution in [0.4, 0.5) is 0 Å². The summed E-state index contributed by atoms with van der Waals surface area (Å²) in [5.41, 5.74) is 2.83. The molecule has 6 rings (SSSR count). The topological polar surface area (TPSA) is 75.5 Å². The summed E-state index contributed by atoms with van der Waals surface area (Å²) in [6.07, 6.45) is 4.16. The number of hydrogen-bond donors (Lipinski definition) is 0. The lowest BCUT2D eigenvalue weighted by Crippen LogP contribution is -2.45. The molecule has 2 aliphatic rings. The highest BCUT2D eigenvalue weighted by Gasteiger charge is 2.43. The molecule has 2 aliphatic heterocycles. The molecule has 0 saturated carbocycles. The fraction of sp³-hybridized carbons (Fsp3) is 0.290. The third kappa shape index (κ3) is 4.18. The van der Waals surface area contributed by atoms with E-state index in [1.54, 1.807) is 30.5 Å². The van der Waals surface area contributed by atoms with Crippen molar-refractivity contribution in [2.75, 3.05) is 26.2 Å². The standard InChI is InChI=1S/C31H30N4O3/c1-33-25-12-6-5-10-23(25)20-26(33)29(37)34-17-13-31(14-18-34)15-19-35(21-31)30(38)27-24(11-7-16-32-27)28(36)22-8-3-2-4-9-22/h2-12,16,20H,13-15,17-19,21H2,1H3. The number of nitrogens with zero attached hydrogens (tertiary/aromatic N) is 4. The van der Waals surface area contributed by atoms with Gasteiger partial charge in [0.2, 0.25) is 0 Å². The zero-order valence-corrected chi connectivity index (χ0v) is 21.5. The average molecular weight is 507 g/mol. The van der Waals surface area contributed by atoms with Crippen LogP contribution < -0.4 is 0 Å². The lowest BCUT2D eigenvalue weighted by atomic mass is 9.77. The van der Waals surface area contributed by atoms with Crippen LogP contribution in [0.25, 0.3) is 10.9 Å². The molecule has 4 aromatic rings. The molecular weight excluding hydrogens is 476 g/mol. The average Bonchev–Trinajstić information content (AvgIpc) is 3.54. The molecule has 0 unspecified atom stereocenters. The minimum atomic E-state index is -0.198. The maximum Gasteiger partial charge on any atom is 0.273 e. The number of aryl methyl sites for hydroxylation is 1. The Morgan fingerprint density at radius 3 is 2.21 bits per heavy atom. The molecule has 2 saturated heterocycles. The van der Waals surface area contributed by atoms with Crippen molar-refractivity contribution in [3.8, 4) is 0 Å². The van der Waals surface area contributed by atoms with Gasteiger partial charge in [-0.3, -0.25) is 19.4 Å². The molecule has 0 radical (unpaired) electrons. The second-order valence-corrected chi connectivity index (χ2v) is 10.5. The number of amides is 2. The second kappa shape index (κ2) is 9.56. The van der Waals surface area contributed by atoms with Gasteiger partial charge in [0.25, 0.3) is 11.8 Å². The smallest absolute Gasteiger partial charge is 0.273 e.